The number of benzene rings is 1. The van der Waals surface area contributed by atoms with Crippen molar-refractivity contribution in [1.82, 2.24) is 5.09 Å². The van der Waals surface area contributed by atoms with Crippen LogP contribution in [0.5, 0.6) is 0 Å². The normalized spacial score (nSPS) is 12.1. The molecule has 6 heteroatoms. The smallest absolute Gasteiger partial charge is 0.313 e. The largest absolute Gasteiger partial charge is 0.400 e. The Hall–Kier alpha value is -0.580. The first-order valence-electron chi connectivity index (χ1n) is 11.7. The fraction of sp³-hybridized carbons (Fsp3) is 0.667. The Morgan fingerprint density at radius 2 is 1.30 bits per heavy atom. The molecule has 1 rings (SSSR count). The van der Waals surface area contributed by atoms with E-state index in [1.165, 1.54) is 69.1 Å². The lowest BCUT2D eigenvalue weighted by Crippen LogP contribution is -2.10. The average molecular weight is 456 g/mol. The predicted octanol–water partition coefficient (Wildman–Crippen LogP) is 7.23. The molecule has 30 heavy (non-hydrogen) atoms. The molecule has 0 saturated carbocycles. The van der Waals surface area contributed by atoms with E-state index in [2.05, 4.69) is 59.3 Å². The van der Waals surface area contributed by atoms with Crippen LogP contribution in [0.2, 0.25) is 0 Å². The number of hydrogen-bond acceptors (Lipinski definition) is 2. The van der Waals surface area contributed by atoms with Gasteiger partial charge in [0.2, 0.25) is 0 Å². The highest BCUT2D eigenvalue weighted by Gasteiger charge is 2.09. The maximum absolute atomic E-state index is 10.6. The van der Waals surface area contributed by atoms with Gasteiger partial charge in [-0.15, -0.1) is 0 Å². The van der Waals surface area contributed by atoms with E-state index in [1.54, 1.807) is 0 Å². The molecule has 0 atom stereocenters. The summed E-state index contributed by atoms with van der Waals surface area (Å²) in [5.74, 6) is 2.42. The Morgan fingerprint density at radius 3 is 1.90 bits per heavy atom. The van der Waals surface area contributed by atoms with Gasteiger partial charge in [-0.05, 0) is 49.8 Å². The first-order valence-corrected chi connectivity index (χ1v) is 14.4. The van der Waals surface area contributed by atoms with Gasteiger partial charge in [-0.3, -0.25) is 0 Å². The summed E-state index contributed by atoms with van der Waals surface area (Å²) < 4.78 is 10.6. The van der Waals surface area contributed by atoms with Crippen molar-refractivity contribution >= 4 is 19.5 Å². The van der Waals surface area contributed by atoms with Crippen LogP contribution < -0.4 is 5.09 Å². The van der Waals surface area contributed by atoms with Crippen LogP contribution in [0.15, 0.2) is 42.5 Å². The lowest BCUT2D eigenvalue weighted by atomic mass is 10.1. The molecule has 0 aliphatic heterocycles. The predicted molar refractivity (Wildman–Crippen MR) is 132 cm³/mol. The van der Waals surface area contributed by atoms with Crippen LogP contribution in [0.25, 0.3) is 0 Å². The van der Waals surface area contributed by atoms with Crippen molar-refractivity contribution in [1.29, 1.82) is 0 Å². The molecule has 0 radical (unpaired) electrons. The number of unbranched alkanes of at least 4 members (excludes halogenated alkanes) is 11. The van der Waals surface area contributed by atoms with Crippen LogP contribution in [-0.4, -0.2) is 22.1 Å². The quantitative estimate of drug-likeness (QED) is 0.110. The summed E-state index contributed by atoms with van der Waals surface area (Å²) in [5, 5.41) is 2.24. The van der Waals surface area contributed by atoms with E-state index in [9.17, 15) is 4.57 Å². The number of allylic oxidation sites excluding steroid dienone is 2. The minimum absolute atomic E-state index is 0.400. The van der Waals surface area contributed by atoms with E-state index < -0.39 is 7.75 Å². The zero-order chi connectivity index (χ0) is 21.8. The summed E-state index contributed by atoms with van der Waals surface area (Å²) in [5.41, 5.74) is 1.43. The molecular formula is C24H42NO3PS. The molecule has 4 nitrogen and oxygen atoms in total. The molecule has 0 aromatic heterocycles. The van der Waals surface area contributed by atoms with Gasteiger partial charge in [0.15, 0.2) is 0 Å². The van der Waals surface area contributed by atoms with Crippen molar-refractivity contribution in [3.63, 3.8) is 0 Å². The van der Waals surface area contributed by atoms with Crippen LogP contribution in [-0.2, 0) is 10.3 Å². The number of hydrogen-bond donors (Lipinski definition) is 3. The topological polar surface area (TPSA) is 69.6 Å². The Morgan fingerprint density at radius 1 is 0.767 bits per heavy atom. The highest BCUT2D eigenvalue weighted by molar-refractivity contribution is 7.98. The third kappa shape index (κ3) is 19.4. The molecule has 0 saturated heterocycles. The number of rotatable bonds is 20. The van der Waals surface area contributed by atoms with Gasteiger partial charge in [0, 0.05) is 12.3 Å². The highest BCUT2D eigenvalue weighted by Crippen LogP contribution is 2.27. The summed E-state index contributed by atoms with van der Waals surface area (Å²) in [6.07, 6.45) is 20.5. The van der Waals surface area contributed by atoms with Crippen molar-refractivity contribution in [3.05, 3.63) is 48.0 Å². The van der Waals surface area contributed by atoms with Crippen LogP contribution in [0, 0.1) is 0 Å². The number of thioether (sulfide) groups is 1. The van der Waals surface area contributed by atoms with Gasteiger partial charge >= 0.3 is 7.75 Å². The van der Waals surface area contributed by atoms with E-state index in [0.29, 0.717) is 6.54 Å². The third-order valence-corrected chi connectivity index (χ3v) is 6.80. The van der Waals surface area contributed by atoms with Gasteiger partial charge in [0.05, 0.1) is 0 Å². The molecule has 3 N–H and O–H groups in total. The summed E-state index contributed by atoms with van der Waals surface area (Å²) in [6.45, 7) is 0.400. The summed E-state index contributed by atoms with van der Waals surface area (Å²) >= 11 is 2.05. The molecule has 0 fully saturated rings. The minimum Gasteiger partial charge on any atom is -0.313 e. The van der Waals surface area contributed by atoms with Crippen molar-refractivity contribution in [2.75, 3.05) is 12.3 Å². The third-order valence-electron chi connectivity index (χ3n) is 5.05. The molecule has 0 spiro atoms. The van der Waals surface area contributed by atoms with Gasteiger partial charge in [0.1, 0.15) is 0 Å². The Bertz CT molecular complexity index is 577. The molecule has 1 aromatic rings. The fourth-order valence-electron chi connectivity index (χ4n) is 3.32. The highest BCUT2D eigenvalue weighted by atomic mass is 32.2. The van der Waals surface area contributed by atoms with Crippen molar-refractivity contribution < 1.29 is 14.4 Å². The van der Waals surface area contributed by atoms with Crippen molar-refractivity contribution in [2.24, 2.45) is 0 Å². The summed E-state index contributed by atoms with van der Waals surface area (Å²) in [4.78, 5) is 17.4. The summed E-state index contributed by atoms with van der Waals surface area (Å²) in [7, 11) is -4.03. The van der Waals surface area contributed by atoms with Gasteiger partial charge in [0.25, 0.3) is 0 Å². The van der Waals surface area contributed by atoms with Crippen molar-refractivity contribution in [3.8, 4) is 0 Å². The zero-order valence-electron chi connectivity index (χ0n) is 18.5. The van der Waals surface area contributed by atoms with Crippen LogP contribution in [0.1, 0.15) is 89.0 Å². The first-order chi connectivity index (χ1) is 14.6. The Labute approximate surface area is 188 Å². The minimum atomic E-state index is -4.03. The average Bonchev–Trinajstić information content (AvgIpc) is 2.72. The second kappa shape index (κ2) is 19.1. The zero-order valence-corrected chi connectivity index (χ0v) is 20.2. The van der Waals surface area contributed by atoms with Crippen molar-refractivity contribution in [2.45, 2.75) is 89.2 Å². The SMILES string of the molecule is O=P(O)(O)NCCCCCCC/C=C\CCCCCCCCSCc1ccccc1. The van der Waals surface area contributed by atoms with E-state index in [1.807, 2.05) is 0 Å². The Balaban J connectivity index is 1.73. The van der Waals surface area contributed by atoms with Crippen LogP contribution >= 0.6 is 19.5 Å². The maximum atomic E-state index is 10.6. The maximum Gasteiger partial charge on any atom is 0.400 e. The van der Waals surface area contributed by atoms with Gasteiger partial charge < -0.3 is 9.79 Å². The molecular weight excluding hydrogens is 413 g/mol. The molecule has 172 valence electrons. The van der Waals surface area contributed by atoms with E-state index in [-0.39, 0.29) is 0 Å². The van der Waals surface area contributed by atoms with Gasteiger partial charge in [-0.1, -0.05) is 87.4 Å². The second-order valence-electron chi connectivity index (χ2n) is 7.93. The molecule has 0 amide bonds. The van der Waals surface area contributed by atoms with E-state index in [4.69, 9.17) is 9.79 Å². The fourth-order valence-corrected chi connectivity index (χ4v) is 4.75. The first kappa shape index (κ1) is 27.5. The molecule has 0 bridgehead atoms. The van der Waals surface area contributed by atoms with Crippen LogP contribution in [0.3, 0.4) is 0 Å². The number of nitrogens with one attached hydrogen (secondary N) is 1. The van der Waals surface area contributed by atoms with Gasteiger partial charge in [-0.25, -0.2) is 9.65 Å². The van der Waals surface area contributed by atoms with E-state index in [0.717, 1.165) is 31.4 Å². The van der Waals surface area contributed by atoms with E-state index >= 15 is 0 Å². The molecule has 0 heterocycles. The molecule has 1 aromatic carbocycles. The lowest BCUT2D eigenvalue weighted by molar-refractivity contribution is 0.356. The van der Waals surface area contributed by atoms with Gasteiger partial charge in [-0.2, -0.15) is 11.8 Å². The monoisotopic (exact) mass is 455 g/mol. The standard InChI is InChI=1S/C24H42NO3PS/c26-29(27,28)25-21-17-12-10-8-6-4-2-1-3-5-7-9-11-13-18-22-30-23-24-19-15-14-16-20-24/h1-2,14-16,19-20H,3-13,17-18,21-23H2,(H3,25,26,27,28)/b2-1-. The summed E-state index contributed by atoms with van der Waals surface area (Å²) in [6, 6.07) is 10.7. The molecule has 0 aliphatic carbocycles. The lowest BCUT2D eigenvalue weighted by Gasteiger charge is -2.05. The second-order valence-corrected chi connectivity index (χ2v) is 10.4. The van der Waals surface area contributed by atoms with Crippen LogP contribution in [0.4, 0.5) is 0 Å². The molecule has 0 aliphatic rings. The molecule has 0 unspecified atom stereocenters. The Kier molecular flexibility index (Phi) is 17.5.